The summed E-state index contributed by atoms with van der Waals surface area (Å²) in [5.74, 6) is 0. The molecule has 1 unspecified atom stereocenters. The third-order valence-corrected chi connectivity index (χ3v) is 2.75. The largest absolute Gasteiger partial charge is 0.324 e. The monoisotopic (exact) mass is 161 g/mol. The lowest BCUT2D eigenvalue weighted by molar-refractivity contribution is 0.567. The van der Waals surface area contributed by atoms with Gasteiger partial charge in [-0.1, -0.05) is 18.2 Å². The minimum absolute atomic E-state index is 0.287. The van der Waals surface area contributed by atoms with Crippen LogP contribution in [0.25, 0.3) is 0 Å². The highest BCUT2D eigenvalue weighted by Crippen LogP contribution is 2.29. The molecule has 0 heterocycles. The Morgan fingerprint density at radius 3 is 3.00 bits per heavy atom. The molecule has 0 spiro atoms. The molecule has 0 radical (unpaired) electrons. The molecule has 1 nitrogen and oxygen atoms in total. The first-order valence-corrected chi connectivity index (χ1v) is 4.63. The van der Waals surface area contributed by atoms with Crippen LogP contribution in [0.4, 0.5) is 0 Å². The molecule has 1 atom stereocenters. The van der Waals surface area contributed by atoms with E-state index in [0.29, 0.717) is 0 Å². The normalized spacial score (nSPS) is 22.0. The molecule has 0 saturated heterocycles. The summed E-state index contributed by atoms with van der Waals surface area (Å²) in [5.41, 5.74) is 10.3. The third kappa shape index (κ3) is 1.14. The van der Waals surface area contributed by atoms with Gasteiger partial charge in [0.25, 0.3) is 0 Å². The SMILES string of the molecule is Cc1cccc2c1C(N)CCC2. The Balaban J connectivity index is 2.53. The summed E-state index contributed by atoms with van der Waals surface area (Å²) in [6.07, 6.45) is 3.61. The second-order valence-electron chi connectivity index (χ2n) is 3.65. The predicted molar refractivity (Wildman–Crippen MR) is 51.0 cm³/mol. The highest BCUT2D eigenvalue weighted by Gasteiger charge is 2.17. The quantitative estimate of drug-likeness (QED) is 0.621. The van der Waals surface area contributed by atoms with Crippen LogP contribution in [0.15, 0.2) is 18.2 Å². The van der Waals surface area contributed by atoms with Crippen LogP contribution in [0.1, 0.15) is 35.6 Å². The second kappa shape index (κ2) is 2.91. The van der Waals surface area contributed by atoms with Crippen molar-refractivity contribution < 1.29 is 0 Å². The molecule has 1 aliphatic rings. The van der Waals surface area contributed by atoms with Gasteiger partial charge in [0.05, 0.1) is 0 Å². The van der Waals surface area contributed by atoms with Crippen molar-refractivity contribution in [1.29, 1.82) is 0 Å². The van der Waals surface area contributed by atoms with Crippen molar-refractivity contribution in [3.63, 3.8) is 0 Å². The van der Waals surface area contributed by atoms with Gasteiger partial charge in [-0.3, -0.25) is 0 Å². The van der Waals surface area contributed by atoms with E-state index in [1.165, 1.54) is 29.5 Å². The zero-order valence-corrected chi connectivity index (χ0v) is 7.51. The molecule has 1 heteroatoms. The second-order valence-corrected chi connectivity index (χ2v) is 3.65. The lowest BCUT2D eigenvalue weighted by atomic mass is 9.85. The number of hydrogen-bond acceptors (Lipinski definition) is 1. The summed E-state index contributed by atoms with van der Waals surface area (Å²) in [6, 6.07) is 6.78. The molecule has 12 heavy (non-hydrogen) atoms. The standard InChI is InChI=1S/C11H15N/c1-8-4-2-5-9-6-3-7-10(12)11(8)9/h2,4-5,10H,3,6-7,12H2,1H3. The first-order chi connectivity index (χ1) is 5.79. The van der Waals surface area contributed by atoms with Crippen LogP contribution in [0.5, 0.6) is 0 Å². The van der Waals surface area contributed by atoms with Crippen LogP contribution >= 0.6 is 0 Å². The van der Waals surface area contributed by atoms with Crippen molar-refractivity contribution in [2.24, 2.45) is 5.73 Å². The molecule has 0 aliphatic heterocycles. The Kier molecular flexibility index (Phi) is 1.89. The first-order valence-electron chi connectivity index (χ1n) is 4.63. The maximum Gasteiger partial charge on any atom is 0.0300 e. The first kappa shape index (κ1) is 7.81. The molecule has 64 valence electrons. The van der Waals surface area contributed by atoms with Gasteiger partial charge in [-0.25, -0.2) is 0 Å². The van der Waals surface area contributed by atoms with E-state index >= 15 is 0 Å². The third-order valence-electron chi connectivity index (χ3n) is 2.75. The Hall–Kier alpha value is -0.820. The number of aryl methyl sites for hydroxylation is 2. The van der Waals surface area contributed by atoms with Gasteiger partial charge in [0.2, 0.25) is 0 Å². The smallest absolute Gasteiger partial charge is 0.0300 e. The van der Waals surface area contributed by atoms with Crippen molar-refractivity contribution in [2.75, 3.05) is 0 Å². The van der Waals surface area contributed by atoms with E-state index < -0.39 is 0 Å². The molecular weight excluding hydrogens is 146 g/mol. The van der Waals surface area contributed by atoms with E-state index in [1.54, 1.807) is 0 Å². The fourth-order valence-corrected chi connectivity index (χ4v) is 2.15. The summed E-state index contributed by atoms with van der Waals surface area (Å²) >= 11 is 0. The van der Waals surface area contributed by atoms with Crippen LogP contribution in [0, 0.1) is 6.92 Å². The average molecular weight is 161 g/mol. The molecule has 2 N–H and O–H groups in total. The number of benzene rings is 1. The minimum Gasteiger partial charge on any atom is -0.324 e. The molecular formula is C11H15N. The van der Waals surface area contributed by atoms with E-state index in [1.807, 2.05) is 0 Å². The summed E-state index contributed by atoms with van der Waals surface area (Å²) in [5, 5.41) is 0. The van der Waals surface area contributed by atoms with Gasteiger partial charge in [-0.2, -0.15) is 0 Å². The fourth-order valence-electron chi connectivity index (χ4n) is 2.15. The maximum atomic E-state index is 6.05. The predicted octanol–water partition coefficient (Wildman–Crippen LogP) is 2.33. The van der Waals surface area contributed by atoms with Crippen LogP contribution in [0.2, 0.25) is 0 Å². The highest BCUT2D eigenvalue weighted by atomic mass is 14.6. The number of hydrogen-bond donors (Lipinski definition) is 1. The summed E-state index contributed by atoms with van der Waals surface area (Å²) in [6.45, 7) is 2.16. The summed E-state index contributed by atoms with van der Waals surface area (Å²) in [7, 11) is 0. The minimum atomic E-state index is 0.287. The molecule has 0 amide bonds. The van der Waals surface area contributed by atoms with Crippen LogP contribution in [0.3, 0.4) is 0 Å². The van der Waals surface area contributed by atoms with Crippen molar-refractivity contribution in [3.8, 4) is 0 Å². The van der Waals surface area contributed by atoms with Gasteiger partial charge in [-0.15, -0.1) is 0 Å². The van der Waals surface area contributed by atoms with Crippen molar-refractivity contribution in [3.05, 3.63) is 34.9 Å². The summed E-state index contributed by atoms with van der Waals surface area (Å²) < 4.78 is 0. The van der Waals surface area contributed by atoms with Crippen molar-refractivity contribution >= 4 is 0 Å². The van der Waals surface area contributed by atoms with Gasteiger partial charge in [0, 0.05) is 6.04 Å². The van der Waals surface area contributed by atoms with E-state index in [0.717, 1.165) is 6.42 Å². The average Bonchev–Trinajstić information content (AvgIpc) is 2.04. The fraction of sp³-hybridized carbons (Fsp3) is 0.455. The van der Waals surface area contributed by atoms with Crippen LogP contribution in [-0.2, 0) is 6.42 Å². The van der Waals surface area contributed by atoms with Crippen molar-refractivity contribution in [2.45, 2.75) is 32.2 Å². The number of rotatable bonds is 0. The number of nitrogens with two attached hydrogens (primary N) is 1. The van der Waals surface area contributed by atoms with Gasteiger partial charge in [0.15, 0.2) is 0 Å². The highest BCUT2D eigenvalue weighted by molar-refractivity contribution is 5.38. The molecule has 2 rings (SSSR count). The zero-order valence-electron chi connectivity index (χ0n) is 7.51. The molecule has 0 fully saturated rings. The molecule has 0 bridgehead atoms. The van der Waals surface area contributed by atoms with Gasteiger partial charge < -0.3 is 5.73 Å². The van der Waals surface area contributed by atoms with Gasteiger partial charge in [-0.05, 0) is 42.9 Å². The van der Waals surface area contributed by atoms with E-state index in [4.69, 9.17) is 5.73 Å². The van der Waals surface area contributed by atoms with Gasteiger partial charge >= 0.3 is 0 Å². The Labute approximate surface area is 73.6 Å². The van der Waals surface area contributed by atoms with Gasteiger partial charge in [0.1, 0.15) is 0 Å². The molecule has 1 aliphatic carbocycles. The van der Waals surface area contributed by atoms with Crippen LogP contribution < -0.4 is 5.73 Å². The zero-order chi connectivity index (χ0) is 8.55. The van der Waals surface area contributed by atoms with Crippen molar-refractivity contribution in [1.82, 2.24) is 0 Å². The maximum absolute atomic E-state index is 6.05. The molecule has 0 saturated carbocycles. The Morgan fingerprint density at radius 2 is 2.25 bits per heavy atom. The number of fused-ring (bicyclic) bond motifs is 1. The summed E-state index contributed by atoms with van der Waals surface area (Å²) in [4.78, 5) is 0. The molecule has 0 aromatic heterocycles. The van der Waals surface area contributed by atoms with Crippen LogP contribution in [-0.4, -0.2) is 0 Å². The lowest BCUT2D eigenvalue weighted by Crippen LogP contribution is -2.18. The molecule has 1 aromatic carbocycles. The molecule has 1 aromatic rings. The van der Waals surface area contributed by atoms with E-state index in [-0.39, 0.29) is 6.04 Å². The Morgan fingerprint density at radius 1 is 1.42 bits per heavy atom. The Bertz CT molecular complexity index is 291. The van der Waals surface area contributed by atoms with E-state index in [2.05, 4.69) is 25.1 Å². The van der Waals surface area contributed by atoms with E-state index in [9.17, 15) is 0 Å². The topological polar surface area (TPSA) is 26.0 Å². The lowest BCUT2D eigenvalue weighted by Gasteiger charge is -2.23.